The minimum Gasteiger partial charge on any atom is -0.478 e. The summed E-state index contributed by atoms with van der Waals surface area (Å²) in [4.78, 5) is 4.22. The minimum atomic E-state index is 0.497. The average Bonchev–Trinajstić information content (AvgIpc) is 2.27. The summed E-state index contributed by atoms with van der Waals surface area (Å²) in [6.45, 7) is 7.62. The Hall–Kier alpha value is -1.60. The maximum atomic E-state index is 8.81. The molecule has 92 valence electrons. The number of rotatable bonds is 6. The van der Waals surface area contributed by atoms with Crippen molar-refractivity contribution in [1.82, 2.24) is 10.3 Å². The van der Waals surface area contributed by atoms with Crippen LogP contribution in [0, 0.1) is 18.3 Å². The highest BCUT2D eigenvalue weighted by molar-refractivity contribution is 5.33. The van der Waals surface area contributed by atoms with Crippen LogP contribution in [0.5, 0.6) is 5.88 Å². The number of nitrogens with zero attached hydrogens (tertiary/aromatic N) is 2. The van der Waals surface area contributed by atoms with Crippen LogP contribution in [-0.2, 0) is 0 Å². The molecule has 0 aliphatic heterocycles. The Kier molecular flexibility index (Phi) is 5.44. The molecular weight excluding hydrogens is 214 g/mol. The fourth-order valence-electron chi connectivity index (χ4n) is 1.42. The Morgan fingerprint density at radius 3 is 2.88 bits per heavy atom. The van der Waals surface area contributed by atoms with E-state index in [0.717, 1.165) is 18.7 Å². The fraction of sp³-hybridized carbons (Fsp3) is 0.538. The molecular formula is C13H19N3O. The molecule has 0 amide bonds. The summed E-state index contributed by atoms with van der Waals surface area (Å²) in [5.41, 5.74) is 1.40. The van der Waals surface area contributed by atoms with Gasteiger partial charge in [0.1, 0.15) is 0 Å². The minimum absolute atomic E-state index is 0.497. The van der Waals surface area contributed by atoms with E-state index >= 15 is 0 Å². The summed E-state index contributed by atoms with van der Waals surface area (Å²) in [6, 6.07) is 6.00. The van der Waals surface area contributed by atoms with Gasteiger partial charge in [-0.25, -0.2) is 4.98 Å². The Balaban J connectivity index is 2.37. The first-order valence-corrected chi connectivity index (χ1v) is 5.87. The van der Waals surface area contributed by atoms with Crippen molar-refractivity contribution in [3.05, 3.63) is 23.4 Å². The number of hydrogen-bond acceptors (Lipinski definition) is 4. The molecule has 4 nitrogen and oxygen atoms in total. The van der Waals surface area contributed by atoms with Gasteiger partial charge in [0.2, 0.25) is 5.88 Å². The van der Waals surface area contributed by atoms with Crippen molar-refractivity contribution >= 4 is 0 Å². The molecule has 17 heavy (non-hydrogen) atoms. The lowest BCUT2D eigenvalue weighted by Crippen LogP contribution is -2.24. The van der Waals surface area contributed by atoms with Crippen LogP contribution in [0.25, 0.3) is 0 Å². The van der Waals surface area contributed by atoms with E-state index in [-0.39, 0.29) is 0 Å². The average molecular weight is 233 g/mol. The third kappa shape index (κ3) is 5.32. The summed E-state index contributed by atoms with van der Waals surface area (Å²) in [5, 5.41) is 12.1. The Labute approximate surface area is 103 Å². The maximum Gasteiger partial charge on any atom is 0.214 e. The lowest BCUT2D eigenvalue weighted by Gasteiger charge is -2.09. The molecule has 0 saturated carbocycles. The van der Waals surface area contributed by atoms with E-state index in [9.17, 15) is 0 Å². The van der Waals surface area contributed by atoms with E-state index in [0.29, 0.717) is 24.1 Å². The van der Waals surface area contributed by atoms with Crippen LogP contribution in [0.15, 0.2) is 12.1 Å². The molecule has 0 bridgehead atoms. The molecule has 0 radical (unpaired) electrons. The largest absolute Gasteiger partial charge is 0.478 e. The molecule has 0 saturated heterocycles. The van der Waals surface area contributed by atoms with E-state index in [1.165, 1.54) is 0 Å². The highest BCUT2D eigenvalue weighted by Crippen LogP contribution is 2.11. The Bertz CT molecular complexity index is 396. The number of aryl methyl sites for hydroxylation is 1. The van der Waals surface area contributed by atoms with Gasteiger partial charge >= 0.3 is 0 Å². The normalized spacial score (nSPS) is 10.3. The zero-order chi connectivity index (χ0) is 12.7. The van der Waals surface area contributed by atoms with Crippen molar-refractivity contribution in [2.45, 2.75) is 33.2 Å². The Morgan fingerprint density at radius 1 is 1.47 bits per heavy atom. The van der Waals surface area contributed by atoms with E-state index < -0.39 is 0 Å². The van der Waals surface area contributed by atoms with Gasteiger partial charge in [0, 0.05) is 17.8 Å². The number of pyridine rings is 1. The van der Waals surface area contributed by atoms with Crippen LogP contribution in [0.4, 0.5) is 0 Å². The van der Waals surface area contributed by atoms with Gasteiger partial charge in [-0.3, -0.25) is 0 Å². The number of ether oxygens (including phenoxy) is 1. The number of nitrogens with one attached hydrogen (secondary N) is 1. The van der Waals surface area contributed by atoms with Gasteiger partial charge in [-0.1, -0.05) is 13.8 Å². The van der Waals surface area contributed by atoms with Crippen LogP contribution >= 0.6 is 0 Å². The molecule has 0 spiro atoms. The first-order valence-electron chi connectivity index (χ1n) is 5.87. The van der Waals surface area contributed by atoms with Gasteiger partial charge in [-0.15, -0.1) is 0 Å². The smallest absolute Gasteiger partial charge is 0.214 e. The lowest BCUT2D eigenvalue weighted by molar-refractivity contribution is 0.294. The predicted molar refractivity (Wildman–Crippen MR) is 66.9 cm³/mol. The molecule has 0 aromatic carbocycles. The standard InChI is InChI=1S/C13H19N3O/c1-10(2)15-5-4-6-17-13-8-12(9-14)7-11(3)16-13/h7-8,10,15H,4-6H2,1-3H3. The molecule has 0 unspecified atom stereocenters. The third-order valence-corrected chi connectivity index (χ3v) is 2.18. The van der Waals surface area contributed by atoms with Crippen molar-refractivity contribution in [3.63, 3.8) is 0 Å². The molecule has 1 rings (SSSR count). The van der Waals surface area contributed by atoms with Crippen molar-refractivity contribution in [2.75, 3.05) is 13.2 Å². The van der Waals surface area contributed by atoms with E-state index in [1.54, 1.807) is 12.1 Å². The topological polar surface area (TPSA) is 57.9 Å². The molecule has 4 heteroatoms. The third-order valence-electron chi connectivity index (χ3n) is 2.18. The van der Waals surface area contributed by atoms with Crippen LogP contribution < -0.4 is 10.1 Å². The monoisotopic (exact) mass is 233 g/mol. The molecule has 1 heterocycles. The maximum absolute atomic E-state index is 8.81. The molecule has 1 N–H and O–H groups in total. The van der Waals surface area contributed by atoms with Gasteiger partial charge < -0.3 is 10.1 Å². The van der Waals surface area contributed by atoms with Gasteiger partial charge in [-0.05, 0) is 26.0 Å². The second-order valence-corrected chi connectivity index (χ2v) is 4.26. The van der Waals surface area contributed by atoms with Gasteiger partial charge in [0.25, 0.3) is 0 Å². The zero-order valence-electron chi connectivity index (χ0n) is 10.7. The van der Waals surface area contributed by atoms with E-state index in [4.69, 9.17) is 10.00 Å². The summed E-state index contributed by atoms with van der Waals surface area (Å²) < 4.78 is 5.51. The molecule has 0 aliphatic rings. The molecule has 0 atom stereocenters. The summed E-state index contributed by atoms with van der Waals surface area (Å²) in [6.07, 6.45) is 0.926. The van der Waals surface area contributed by atoms with Gasteiger partial charge in [0.05, 0.1) is 18.2 Å². The van der Waals surface area contributed by atoms with Crippen molar-refractivity contribution in [3.8, 4) is 11.9 Å². The fourth-order valence-corrected chi connectivity index (χ4v) is 1.42. The molecule has 1 aromatic heterocycles. The summed E-state index contributed by atoms with van der Waals surface area (Å²) >= 11 is 0. The number of hydrogen-bond donors (Lipinski definition) is 1. The SMILES string of the molecule is Cc1cc(C#N)cc(OCCCNC(C)C)n1. The lowest BCUT2D eigenvalue weighted by atomic mass is 10.2. The number of nitriles is 1. The van der Waals surface area contributed by atoms with E-state index in [1.807, 2.05) is 6.92 Å². The van der Waals surface area contributed by atoms with Crippen molar-refractivity contribution in [1.29, 1.82) is 5.26 Å². The van der Waals surface area contributed by atoms with Gasteiger partial charge in [0.15, 0.2) is 0 Å². The number of aromatic nitrogens is 1. The van der Waals surface area contributed by atoms with Crippen LogP contribution in [0.3, 0.4) is 0 Å². The highest BCUT2D eigenvalue weighted by Gasteiger charge is 2.00. The summed E-state index contributed by atoms with van der Waals surface area (Å²) in [7, 11) is 0. The quantitative estimate of drug-likeness (QED) is 0.764. The first kappa shape index (κ1) is 13.5. The van der Waals surface area contributed by atoms with Gasteiger partial charge in [-0.2, -0.15) is 5.26 Å². The Morgan fingerprint density at radius 2 is 2.24 bits per heavy atom. The molecule has 1 aromatic rings. The van der Waals surface area contributed by atoms with Crippen LogP contribution in [0.1, 0.15) is 31.5 Å². The first-order chi connectivity index (χ1) is 8.11. The summed E-state index contributed by atoms with van der Waals surface area (Å²) in [5.74, 6) is 0.533. The predicted octanol–water partition coefficient (Wildman–Crippen LogP) is 2.03. The highest BCUT2D eigenvalue weighted by atomic mass is 16.5. The molecule has 0 fully saturated rings. The second-order valence-electron chi connectivity index (χ2n) is 4.26. The zero-order valence-corrected chi connectivity index (χ0v) is 10.7. The van der Waals surface area contributed by atoms with Crippen LogP contribution in [-0.4, -0.2) is 24.2 Å². The molecule has 0 aliphatic carbocycles. The van der Waals surface area contributed by atoms with Crippen molar-refractivity contribution < 1.29 is 4.74 Å². The van der Waals surface area contributed by atoms with Crippen LogP contribution in [0.2, 0.25) is 0 Å². The van der Waals surface area contributed by atoms with Crippen molar-refractivity contribution in [2.24, 2.45) is 0 Å². The second kappa shape index (κ2) is 6.87. The van der Waals surface area contributed by atoms with E-state index in [2.05, 4.69) is 30.2 Å².